The predicted molar refractivity (Wildman–Crippen MR) is 45.1 cm³/mol. The van der Waals surface area contributed by atoms with Crippen LogP contribution in [0.3, 0.4) is 0 Å². The van der Waals surface area contributed by atoms with Gasteiger partial charge in [-0.1, -0.05) is 17.4 Å². The summed E-state index contributed by atoms with van der Waals surface area (Å²) >= 11 is 1.38. The van der Waals surface area contributed by atoms with Gasteiger partial charge in [0.1, 0.15) is 6.33 Å². The zero-order chi connectivity index (χ0) is 9.52. The van der Waals surface area contributed by atoms with E-state index in [1.807, 2.05) is 5.59 Å². The standard InChI is InChI=1S/C5H9N5O2S/c6-10-12-4(11)1-2-13-5-7-3-8-9-5/h3,10H,1-2,6H2,(H,7,8,9). The quantitative estimate of drug-likeness (QED) is 0.327. The molecule has 0 aliphatic carbocycles. The first-order valence-corrected chi connectivity index (χ1v) is 4.45. The molecule has 0 fully saturated rings. The van der Waals surface area contributed by atoms with Gasteiger partial charge in [-0.05, 0) is 0 Å². The summed E-state index contributed by atoms with van der Waals surface area (Å²) in [6.45, 7) is 0. The van der Waals surface area contributed by atoms with E-state index in [-0.39, 0.29) is 6.42 Å². The van der Waals surface area contributed by atoms with Crippen molar-refractivity contribution in [3.05, 3.63) is 6.33 Å². The number of hydrazine groups is 1. The first-order chi connectivity index (χ1) is 6.33. The normalized spacial score (nSPS) is 9.92. The van der Waals surface area contributed by atoms with E-state index < -0.39 is 5.97 Å². The molecule has 0 unspecified atom stereocenters. The maximum atomic E-state index is 10.7. The van der Waals surface area contributed by atoms with Gasteiger partial charge in [0, 0.05) is 5.75 Å². The Morgan fingerprint density at radius 3 is 3.31 bits per heavy atom. The zero-order valence-electron chi connectivity index (χ0n) is 6.69. The third-order valence-corrected chi connectivity index (χ3v) is 1.99. The summed E-state index contributed by atoms with van der Waals surface area (Å²) in [4.78, 5) is 18.9. The molecule has 0 saturated carbocycles. The summed E-state index contributed by atoms with van der Waals surface area (Å²) < 4.78 is 0. The number of nitrogens with zero attached hydrogens (tertiary/aromatic N) is 2. The molecule has 0 aliphatic heterocycles. The Balaban J connectivity index is 2.11. The highest BCUT2D eigenvalue weighted by molar-refractivity contribution is 7.99. The molecule has 1 aromatic rings. The number of aromatic nitrogens is 3. The van der Waals surface area contributed by atoms with Crippen LogP contribution < -0.4 is 11.4 Å². The third-order valence-electron chi connectivity index (χ3n) is 1.11. The molecule has 0 aliphatic rings. The molecule has 4 N–H and O–H groups in total. The molecule has 0 bridgehead atoms. The van der Waals surface area contributed by atoms with E-state index in [1.165, 1.54) is 18.1 Å². The van der Waals surface area contributed by atoms with E-state index in [4.69, 9.17) is 5.84 Å². The summed E-state index contributed by atoms with van der Waals surface area (Å²) in [6.07, 6.45) is 1.66. The van der Waals surface area contributed by atoms with E-state index >= 15 is 0 Å². The number of nitrogens with one attached hydrogen (secondary N) is 2. The Bertz CT molecular complexity index is 251. The highest BCUT2D eigenvalue weighted by Gasteiger charge is 2.03. The van der Waals surface area contributed by atoms with Gasteiger partial charge in [-0.2, -0.15) is 5.10 Å². The van der Waals surface area contributed by atoms with Gasteiger partial charge in [0.15, 0.2) is 5.16 Å². The van der Waals surface area contributed by atoms with E-state index in [2.05, 4.69) is 20.0 Å². The predicted octanol–water partition coefficient (Wildman–Crippen LogP) is -0.792. The van der Waals surface area contributed by atoms with Crippen molar-refractivity contribution < 1.29 is 9.63 Å². The van der Waals surface area contributed by atoms with Crippen LogP contribution in [0.15, 0.2) is 11.5 Å². The van der Waals surface area contributed by atoms with E-state index in [9.17, 15) is 4.79 Å². The van der Waals surface area contributed by atoms with E-state index in [1.54, 1.807) is 0 Å². The van der Waals surface area contributed by atoms with Crippen molar-refractivity contribution in [2.45, 2.75) is 11.6 Å². The molecule has 0 aromatic carbocycles. The monoisotopic (exact) mass is 203 g/mol. The molecule has 72 valence electrons. The number of thioether (sulfide) groups is 1. The van der Waals surface area contributed by atoms with Crippen LogP contribution in [0.2, 0.25) is 0 Å². The van der Waals surface area contributed by atoms with E-state index in [0.29, 0.717) is 10.9 Å². The summed E-state index contributed by atoms with van der Waals surface area (Å²) in [6, 6.07) is 0. The maximum absolute atomic E-state index is 10.7. The Hall–Kier alpha value is -1.12. The van der Waals surface area contributed by atoms with Crippen LogP contribution in [-0.4, -0.2) is 26.9 Å². The lowest BCUT2D eigenvalue weighted by molar-refractivity contribution is -0.150. The maximum Gasteiger partial charge on any atom is 0.327 e. The average Bonchev–Trinajstić information content (AvgIpc) is 2.57. The fraction of sp³-hybridized carbons (Fsp3) is 0.400. The molecule has 0 spiro atoms. The first kappa shape index (κ1) is 9.96. The number of carbonyl (C=O) groups excluding carboxylic acids is 1. The zero-order valence-corrected chi connectivity index (χ0v) is 7.50. The lowest BCUT2D eigenvalue weighted by Crippen LogP contribution is -2.26. The minimum atomic E-state index is -0.408. The Morgan fingerprint density at radius 1 is 1.85 bits per heavy atom. The van der Waals surface area contributed by atoms with Crippen molar-refractivity contribution >= 4 is 17.7 Å². The van der Waals surface area contributed by atoms with Crippen molar-refractivity contribution in [2.24, 2.45) is 5.84 Å². The number of rotatable bonds is 5. The van der Waals surface area contributed by atoms with Crippen molar-refractivity contribution in [3.8, 4) is 0 Å². The Kier molecular flexibility index (Phi) is 4.23. The number of carbonyl (C=O) groups is 1. The molecular formula is C5H9N5O2S. The summed E-state index contributed by atoms with van der Waals surface area (Å²) in [5.74, 6) is 4.92. The molecule has 13 heavy (non-hydrogen) atoms. The van der Waals surface area contributed by atoms with Gasteiger partial charge in [0.05, 0.1) is 6.42 Å². The van der Waals surface area contributed by atoms with Crippen LogP contribution in [0, 0.1) is 0 Å². The van der Waals surface area contributed by atoms with Crippen LogP contribution in [-0.2, 0) is 9.63 Å². The van der Waals surface area contributed by atoms with Gasteiger partial charge in [0.25, 0.3) is 0 Å². The molecule has 1 heterocycles. The number of nitrogens with two attached hydrogens (primary N) is 1. The van der Waals surface area contributed by atoms with Gasteiger partial charge in [-0.3, -0.25) is 9.89 Å². The molecular weight excluding hydrogens is 194 g/mol. The molecule has 8 heteroatoms. The third kappa shape index (κ3) is 3.87. The van der Waals surface area contributed by atoms with Gasteiger partial charge in [-0.15, -0.1) is 0 Å². The fourth-order valence-corrected chi connectivity index (χ4v) is 1.31. The Morgan fingerprint density at radius 2 is 2.69 bits per heavy atom. The van der Waals surface area contributed by atoms with E-state index in [0.717, 1.165) is 0 Å². The highest BCUT2D eigenvalue weighted by atomic mass is 32.2. The highest BCUT2D eigenvalue weighted by Crippen LogP contribution is 2.11. The number of aromatic amines is 1. The average molecular weight is 203 g/mol. The van der Waals surface area contributed by atoms with Gasteiger partial charge in [-0.25, -0.2) is 10.8 Å². The van der Waals surface area contributed by atoms with Crippen molar-refractivity contribution in [3.63, 3.8) is 0 Å². The van der Waals surface area contributed by atoms with Crippen LogP contribution in [0.1, 0.15) is 6.42 Å². The topological polar surface area (TPSA) is 106 Å². The van der Waals surface area contributed by atoms with Crippen LogP contribution in [0.25, 0.3) is 0 Å². The molecule has 0 radical (unpaired) electrons. The number of H-pyrrole nitrogens is 1. The Labute approximate surface area is 78.4 Å². The molecule has 1 aromatic heterocycles. The summed E-state index contributed by atoms with van der Waals surface area (Å²) in [7, 11) is 0. The fourth-order valence-electron chi connectivity index (χ4n) is 0.612. The van der Waals surface area contributed by atoms with Crippen molar-refractivity contribution in [2.75, 3.05) is 5.75 Å². The lowest BCUT2D eigenvalue weighted by Gasteiger charge is -1.98. The van der Waals surface area contributed by atoms with Crippen molar-refractivity contribution in [1.82, 2.24) is 20.8 Å². The number of hydrogen-bond donors (Lipinski definition) is 3. The summed E-state index contributed by atoms with van der Waals surface area (Å²) in [5, 5.41) is 6.98. The SMILES string of the molecule is NNOC(=O)CCSc1ncn[nH]1. The minimum absolute atomic E-state index is 0.259. The minimum Gasteiger partial charge on any atom is -0.356 e. The second kappa shape index (κ2) is 5.51. The van der Waals surface area contributed by atoms with Crippen LogP contribution in [0.5, 0.6) is 0 Å². The number of hydrogen-bond acceptors (Lipinski definition) is 7. The van der Waals surface area contributed by atoms with Gasteiger partial charge in [0.2, 0.25) is 0 Å². The second-order valence-electron chi connectivity index (χ2n) is 1.98. The van der Waals surface area contributed by atoms with Crippen LogP contribution in [0.4, 0.5) is 0 Å². The molecule has 0 saturated heterocycles. The second-order valence-corrected chi connectivity index (χ2v) is 3.06. The molecule has 1 rings (SSSR count). The lowest BCUT2D eigenvalue weighted by atomic mass is 10.5. The first-order valence-electron chi connectivity index (χ1n) is 3.46. The molecule has 7 nitrogen and oxygen atoms in total. The smallest absolute Gasteiger partial charge is 0.327 e. The molecule has 0 amide bonds. The van der Waals surface area contributed by atoms with Crippen molar-refractivity contribution in [1.29, 1.82) is 0 Å². The summed E-state index contributed by atoms with van der Waals surface area (Å²) in [5.41, 5.74) is 1.82. The largest absolute Gasteiger partial charge is 0.356 e. The molecule has 0 atom stereocenters. The van der Waals surface area contributed by atoms with Crippen LogP contribution >= 0.6 is 11.8 Å². The van der Waals surface area contributed by atoms with Gasteiger partial charge < -0.3 is 4.84 Å². The van der Waals surface area contributed by atoms with Gasteiger partial charge >= 0.3 is 5.97 Å².